The Morgan fingerprint density at radius 1 is 1.24 bits per heavy atom. The molecule has 3 rings (SSSR count). The number of aromatic nitrogens is 3. The summed E-state index contributed by atoms with van der Waals surface area (Å²) >= 11 is 6.13. The fourth-order valence-corrected chi connectivity index (χ4v) is 2.31. The molecule has 2 heterocycles. The van der Waals surface area contributed by atoms with Gasteiger partial charge in [-0.15, -0.1) is 0 Å². The third-order valence-electron chi connectivity index (χ3n) is 3.07. The van der Waals surface area contributed by atoms with Crippen LogP contribution in [0, 0.1) is 0 Å². The number of aliphatic hydroxyl groups is 1. The highest BCUT2D eigenvalue weighted by molar-refractivity contribution is 6.35. The summed E-state index contributed by atoms with van der Waals surface area (Å²) in [6.07, 6.45) is 4.50. The molecule has 6 heteroatoms. The van der Waals surface area contributed by atoms with Gasteiger partial charge in [0.2, 0.25) is 0 Å². The highest BCUT2D eigenvalue weighted by Gasteiger charge is 2.10. The first kappa shape index (κ1) is 13.9. The normalized spacial score (nSPS) is 12.5. The van der Waals surface area contributed by atoms with E-state index in [1.807, 2.05) is 18.2 Å². The molecule has 21 heavy (non-hydrogen) atoms. The smallest absolute Gasteiger partial charge is 0.145 e. The summed E-state index contributed by atoms with van der Waals surface area (Å²) in [5.74, 6) is 0.606. The average molecular weight is 304 g/mol. The molecule has 0 saturated carbocycles. The van der Waals surface area contributed by atoms with E-state index in [1.165, 1.54) is 0 Å². The fourth-order valence-electron chi connectivity index (χ4n) is 2.09. The number of halogens is 1. The van der Waals surface area contributed by atoms with Crippen molar-refractivity contribution >= 4 is 22.5 Å². The van der Waals surface area contributed by atoms with Gasteiger partial charge in [-0.3, -0.25) is 9.67 Å². The van der Waals surface area contributed by atoms with Crippen LogP contribution in [0.25, 0.3) is 10.9 Å². The number of aliphatic hydroxyl groups excluding tert-OH is 1. The van der Waals surface area contributed by atoms with Gasteiger partial charge in [0.05, 0.1) is 11.6 Å². The fraction of sp³-hybridized carbons (Fsp3) is 0.200. The molecule has 0 aliphatic heterocycles. The molecule has 0 amide bonds. The topological polar surface area (TPSA) is 60.2 Å². The summed E-state index contributed by atoms with van der Waals surface area (Å²) in [5.41, 5.74) is 0.691. The Hall–Kier alpha value is -2.11. The van der Waals surface area contributed by atoms with Crippen molar-refractivity contribution in [3.63, 3.8) is 0 Å². The third kappa shape index (κ3) is 3.15. The number of hydrogen-bond acceptors (Lipinski definition) is 4. The lowest BCUT2D eigenvalue weighted by Gasteiger charge is -2.14. The van der Waals surface area contributed by atoms with Gasteiger partial charge in [-0.2, -0.15) is 5.10 Å². The summed E-state index contributed by atoms with van der Waals surface area (Å²) in [6, 6.07) is 9.05. The number of hydrogen-bond donors (Lipinski definition) is 1. The van der Waals surface area contributed by atoms with Crippen LogP contribution in [0.2, 0.25) is 5.02 Å². The largest absolute Gasteiger partial charge is 0.489 e. The van der Waals surface area contributed by atoms with Gasteiger partial charge >= 0.3 is 0 Å². The van der Waals surface area contributed by atoms with Gasteiger partial charge in [0.25, 0.3) is 0 Å². The van der Waals surface area contributed by atoms with Crippen LogP contribution in [-0.4, -0.2) is 32.6 Å². The molecule has 0 spiro atoms. The first-order chi connectivity index (χ1) is 10.2. The number of ether oxygens (including phenoxy) is 1. The van der Waals surface area contributed by atoms with E-state index in [0.717, 1.165) is 5.39 Å². The van der Waals surface area contributed by atoms with E-state index in [4.69, 9.17) is 16.3 Å². The molecule has 1 aromatic carbocycles. The van der Waals surface area contributed by atoms with Crippen LogP contribution in [0.5, 0.6) is 5.75 Å². The molecule has 0 bridgehead atoms. The highest BCUT2D eigenvalue weighted by atomic mass is 35.5. The second-order valence-corrected chi connectivity index (χ2v) is 5.05. The van der Waals surface area contributed by atoms with Crippen molar-refractivity contribution in [2.45, 2.75) is 12.6 Å². The quantitative estimate of drug-likeness (QED) is 0.787. The Balaban J connectivity index is 1.72. The summed E-state index contributed by atoms with van der Waals surface area (Å²) < 4.78 is 7.33. The van der Waals surface area contributed by atoms with Gasteiger partial charge < -0.3 is 9.84 Å². The van der Waals surface area contributed by atoms with Crippen molar-refractivity contribution in [1.29, 1.82) is 0 Å². The number of benzene rings is 1. The summed E-state index contributed by atoms with van der Waals surface area (Å²) in [4.78, 5) is 4.29. The summed E-state index contributed by atoms with van der Waals surface area (Å²) in [5, 5.41) is 15.5. The molecular weight excluding hydrogens is 290 g/mol. The summed E-state index contributed by atoms with van der Waals surface area (Å²) in [7, 11) is 0. The zero-order chi connectivity index (χ0) is 14.7. The Kier molecular flexibility index (Phi) is 4.03. The second-order valence-electron chi connectivity index (χ2n) is 4.64. The molecule has 1 unspecified atom stereocenters. The van der Waals surface area contributed by atoms with E-state index in [9.17, 15) is 5.11 Å². The predicted molar refractivity (Wildman–Crippen MR) is 80.5 cm³/mol. The van der Waals surface area contributed by atoms with Gasteiger partial charge in [0, 0.05) is 24.0 Å². The molecule has 1 N–H and O–H groups in total. The van der Waals surface area contributed by atoms with Gasteiger partial charge in [-0.1, -0.05) is 11.6 Å². The standard InChI is InChI=1S/C15H14ClN3O2/c16-13-4-5-14(15-12(13)3-1-6-17-15)21-10-11(20)9-19-8-2-7-18-19/h1-8,11,20H,9-10H2. The zero-order valence-corrected chi connectivity index (χ0v) is 11.9. The van der Waals surface area contributed by atoms with Crippen molar-refractivity contribution in [3.8, 4) is 5.75 Å². The minimum absolute atomic E-state index is 0.160. The lowest BCUT2D eigenvalue weighted by Crippen LogP contribution is -2.23. The Morgan fingerprint density at radius 3 is 2.95 bits per heavy atom. The first-order valence-electron chi connectivity index (χ1n) is 6.55. The number of rotatable bonds is 5. The molecule has 108 valence electrons. The minimum Gasteiger partial charge on any atom is -0.489 e. The van der Waals surface area contributed by atoms with Crippen molar-refractivity contribution in [3.05, 3.63) is 53.9 Å². The monoisotopic (exact) mass is 303 g/mol. The van der Waals surface area contributed by atoms with Crippen LogP contribution in [0.1, 0.15) is 0 Å². The number of pyridine rings is 1. The van der Waals surface area contributed by atoms with E-state index in [2.05, 4.69) is 10.1 Å². The van der Waals surface area contributed by atoms with Crippen molar-refractivity contribution < 1.29 is 9.84 Å². The average Bonchev–Trinajstić information content (AvgIpc) is 3.00. The van der Waals surface area contributed by atoms with Crippen LogP contribution in [0.3, 0.4) is 0 Å². The van der Waals surface area contributed by atoms with Gasteiger partial charge in [0.15, 0.2) is 0 Å². The molecule has 2 aromatic heterocycles. The van der Waals surface area contributed by atoms with Crippen LogP contribution in [0.15, 0.2) is 48.9 Å². The van der Waals surface area contributed by atoms with E-state index < -0.39 is 6.10 Å². The number of nitrogens with zero attached hydrogens (tertiary/aromatic N) is 3. The molecule has 0 aliphatic rings. The van der Waals surface area contributed by atoms with E-state index >= 15 is 0 Å². The molecular formula is C15H14ClN3O2. The molecule has 0 radical (unpaired) electrons. The number of fused-ring (bicyclic) bond motifs is 1. The highest BCUT2D eigenvalue weighted by Crippen LogP contribution is 2.29. The predicted octanol–water partition coefficient (Wildman–Crippen LogP) is 2.52. The van der Waals surface area contributed by atoms with Crippen LogP contribution in [-0.2, 0) is 6.54 Å². The SMILES string of the molecule is OC(COc1ccc(Cl)c2cccnc12)Cn1cccn1. The summed E-state index contributed by atoms with van der Waals surface area (Å²) in [6.45, 7) is 0.541. The molecule has 3 aromatic rings. The second kappa shape index (κ2) is 6.11. The van der Waals surface area contributed by atoms with Crippen LogP contribution < -0.4 is 4.74 Å². The molecule has 0 aliphatic carbocycles. The van der Waals surface area contributed by atoms with Crippen molar-refractivity contribution in [1.82, 2.24) is 14.8 Å². The lowest BCUT2D eigenvalue weighted by atomic mass is 10.2. The maximum Gasteiger partial charge on any atom is 0.145 e. The van der Waals surface area contributed by atoms with Crippen molar-refractivity contribution in [2.75, 3.05) is 6.61 Å². The molecule has 0 saturated heterocycles. The van der Waals surface area contributed by atoms with Crippen molar-refractivity contribution in [2.24, 2.45) is 0 Å². The lowest BCUT2D eigenvalue weighted by molar-refractivity contribution is 0.0900. The van der Waals surface area contributed by atoms with Gasteiger partial charge in [0.1, 0.15) is 24.0 Å². The van der Waals surface area contributed by atoms with E-state index in [0.29, 0.717) is 22.8 Å². The third-order valence-corrected chi connectivity index (χ3v) is 3.40. The maximum atomic E-state index is 9.98. The van der Waals surface area contributed by atoms with Gasteiger partial charge in [-0.25, -0.2) is 0 Å². The Morgan fingerprint density at radius 2 is 2.14 bits per heavy atom. The molecule has 0 fully saturated rings. The first-order valence-corrected chi connectivity index (χ1v) is 6.93. The minimum atomic E-state index is -0.653. The van der Waals surface area contributed by atoms with E-state index in [1.54, 1.807) is 35.4 Å². The zero-order valence-electron chi connectivity index (χ0n) is 11.2. The Bertz CT molecular complexity index is 731. The Labute approximate surface area is 126 Å². The van der Waals surface area contributed by atoms with Crippen LogP contribution >= 0.6 is 11.6 Å². The van der Waals surface area contributed by atoms with Crippen LogP contribution in [0.4, 0.5) is 0 Å². The van der Waals surface area contributed by atoms with Gasteiger partial charge in [-0.05, 0) is 30.3 Å². The van der Waals surface area contributed by atoms with E-state index in [-0.39, 0.29) is 6.61 Å². The maximum absolute atomic E-state index is 9.98. The molecule has 5 nitrogen and oxygen atoms in total. The molecule has 1 atom stereocenters.